The Morgan fingerprint density at radius 2 is 1.70 bits per heavy atom. The first kappa shape index (κ1) is 8.64. The Hall–Kier alpha value is -1.36. The fourth-order valence-electron chi connectivity index (χ4n) is 0.384. The van der Waals surface area contributed by atoms with E-state index in [9.17, 15) is 9.59 Å². The first-order chi connectivity index (χ1) is 4.59. The van der Waals surface area contributed by atoms with Gasteiger partial charge in [-0.2, -0.15) is 0 Å². The molecule has 0 aliphatic rings. The van der Waals surface area contributed by atoms with Crippen molar-refractivity contribution in [3.8, 4) is 0 Å². The average Bonchev–Trinajstić information content (AvgIpc) is 1.81. The minimum atomic E-state index is -1.47. The molecular weight excluding hydrogens is 138 g/mol. The minimum Gasteiger partial charge on any atom is -0.477 e. The van der Waals surface area contributed by atoms with Crippen molar-refractivity contribution in [2.45, 2.75) is 0 Å². The topological polar surface area (TPSA) is 101 Å². The van der Waals surface area contributed by atoms with E-state index >= 15 is 0 Å². The van der Waals surface area contributed by atoms with E-state index in [4.69, 9.17) is 15.9 Å². The summed E-state index contributed by atoms with van der Waals surface area (Å²) in [7, 11) is 0. The first-order valence-corrected chi connectivity index (χ1v) is 2.46. The lowest BCUT2D eigenvalue weighted by molar-refractivity contribution is -0.140. The zero-order chi connectivity index (χ0) is 8.15. The van der Waals surface area contributed by atoms with Gasteiger partial charge in [-0.3, -0.25) is 0 Å². The van der Waals surface area contributed by atoms with Gasteiger partial charge in [-0.25, -0.2) is 9.59 Å². The van der Waals surface area contributed by atoms with Gasteiger partial charge in [0.05, 0.1) is 0 Å². The second-order valence-corrected chi connectivity index (χ2v) is 1.46. The van der Waals surface area contributed by atoms with Crippen LogP contribution in [0.5, 0.6) is 0 Å². The van der Waals surface area contributed by atoms with Crippen LogP contribution in [0.1, 0.15) is 0 Å². The predicted molar refractivity (Wildman–Crippen MR) is 32.4 cm³/mol. The highest BCUT2D eigenvalue weighted by atomic mass is 16.4. The summed E-state index contributed by atoms with van der Waals surface area (Å²) in [5.74, 6) is -2.95. The molecule has 0 spiro atoms. The Balaban J connectivity index is 4.42. The van der Waals surface area contributed by atoms with Crippen LogP contribution in [0.4, 0.5) is 0 Å². The normalized spacial score (nSPS) is 8.50. The molecule has 0 aromatic heterocycles. The highest BCUT2D eigenvalue weighted by Gasteiger charge is 2.13. The number of aliphatic carboxylic acids is 2. The summed E-state index contributed by atoms with van der Waals surface area (Å²) in [6.07, 6.45) is 0.935. The van der Waals surface area contributed by atoms with Crippen molar-refractivity contribution in [3.63, 3.8) is 0 Å². The molecule has 0 aromatic carbocycles. The summed E-state index contributed by atoms with van der Waals surface area (Å²) in [6.45, 7) is -0.0894. The second-order valence-electron chi connectivity index (χ2n) is 1.46. The minimum absolute atomic E-state index is 0.0894. The van der Waals surface area contributed by atoms with Crippen molar-refractivity contribution in [2.75, 3.05) is 6.54 Å². The quantitative estimate of drug-likeness (QED) is 0.270. The molecule has 0 aliphatic heterocycles. The molecule has 0 amide bonds. The molecule has 56 valence electrons. The smallest absolute Gasteiger partial charge is 0.342 e. The average molecular weight is 145 g/mol. The highest BCUT2D eigenvalue weighted by Crippen LogP contribution is 1.92. The third-order valence-electron chi connectivity index (χ3n) is 0.783. The van der Waals surface area contributed by atoms with E-state index in [2.05, 4.69) is 0 Å². The van der Waals surface area contributed by atoms with Crippen LogP contribution < -0.4 is 5.73 Å². The molecule has 0 radical (unpaired) electrons. The van der Waals surface area contributed by atoms with Gasteiger partial charge >= 0.3 is 11.9 Å². The van der Waals surface area contributed by atoms with E-state index in [1.807, 2.05) is 0 Å². The lowest BCUT2D eigenvalue weighted by Crippen LogP contribution is -2.13. The molecule has 5 heteroatoms. The van der Waals surface area contributed by atoms with E-state index < -0.39 is 17.5 Å². The van der Waals surface area contributed by atoms with Gasteiger partial charge in [0.25, 0.3) is 0 Å². The van der Waals surface area contributed by atoms with Crippen molar-refractivity contribution >= 4 is 11.9 Å². The van der Waals surface area contributed by atoms with Crippen molar-refractivity contribution in [1.82, 2.24) is 0 Å². The summed E-state index contributed by atoms with van der Waals surface area (Å²) in [4.78, 5) is 20.1. The van der Waals surface area contributed by atoms with Gasteiger partial charge in [0.15, 0.2) is 0 Å². The van der Waals surface area contributed by atoms with Crippen LogP contribution >= 0.6 is 0 Å². The number of rotatable bonds is 3. The Labute approximate surface area is 56.8 Å². The van der Waals surface area contributed by atoms with Crippen LogP contribution in [0, 0.1) is 0 Å². The predicted octanol–water partition coefficient (Wildman–Crippen LogP) is -0.959. The van der Waals surface area contributed by atoms with Crippen LogP contribution in [0.2, 0.25) is 0 Å². The van der Waals surface area contributed by atoms with Gasteiger partial charge in [0.2, 0.25) is 0 Å². The van der Waals surface area contributed by atoms with E-state index in [0.717, 1.165) is 6.08 Å². The molecule has 0 aliphatic carbocycles. The lowest BCUT2D eigenvalue weighted by Gasteiger charge is -1.91. The number of carbonyl (C=O) groups is 2. The fraction of sp³-hybridized carbons (Fsp3) is 0.200. The molecule has 0 atom stereocenters. The summed E-state index contributed by atoms with van der Waals surface area (Å²) in [5, 5.41) is 16.3. The van der Waals surface area contributed by atoms with Crippen molar-refractivity contribution < 1.29 is 19.8 Å². The number of carboxylic acids is 2. The molecule has 0 heterocycles. The highest BCUT2D eigenvalue weighted by molar-refractivity contribution is 6.12. The molecule has 0 fully saturated rings. The molecule has 0 rings (SSSR count). The Kier molecular flexibility index (Phi) is 3.13. The van der Waals surface area contributed by atoms with Crippen LogP contribution in [0.3, 0.4) is 0 Å². The Bertz CT molecular complexity index is 168. The third-order valence-corrected chi connectivity index (χ3v) is 0.783. The maximum absolute atomic E-state index is 10.0. The van der Waals surface area contributed by atoms with Crippen molar-refractivity contribution in [3.05, 3.63) is 11.6 Å². The zero-order valence-electron chi connectivity index (χ0n) is 5.07. The molecular formula is C5H7NO4. The second kappa shape index (κ2) is 3.62. The summed E-state index contributed by atoms with van der Waals surface area (Å²) in [5.41, 5.74) is 4.21. The molecule has 4 N–H and O–H groups in total. The molecule has 0 aromatic rings. The molecule has 5 nitrogen and oxygen atoms in total. The SMILES string of the molecule is NCC=C(C(=O)O)C(=O)O. The Morgan fingerprint density at radius 3 is 1.80 bits per heavy atom. The molecule has 0 saturated carbocycles. The van der Waals surface area contributed by atoms with Crippen LogP contribution in [0.25, 0.3) is 0 Å². The standard InChI is InChI=1S/C5H7NO4/c6-2-1-3(4(7)8)5(9)10/h1H,2,6H2,(H,7,8)(H,9,10). The summed E-state index contributed by atoms with van der Waals surface area (Å²) < 4.78 is 0. The van der Waals surface area contributed by atoms with Gasteiger partial charge in [0.1, 0.15) is 5.57 Å². The van der Waals surface area contributed by atoms with E-state index in [0.29, 0.717) is 0 Å². The maximum atomic E-state index is 10.0. The summed E-state index contributed by atoms with van der Waals surface area (Å²) in [6, 6.07) is 0. The summed E-state index contributed by atoms with van der Waals surface area (Å²) >= 11 is 0. The van der Waals surface area contributed by atoms with Gasteiger partial charge < -0.3 is 15.9 Å². The van der Waals surface area contributed by atoms with Crippen LogP contribution in [0.15, 0.2) is 11.6 Å². The van der Waals surface area contributed by atoms with Gasteiger partial charge in [0, 0.05) is 6.54 Å². The Morgan fingerprint density at radius 1 is 1.30 bits per heavy atom. The molecule has 0 bridgehead atoms. The van der Waals surface area contributed by atoms with E-state index in [-0.39, 0.29) is 6.54 Å². The van der Waals surface area contributed by atoms with E-state index in [1.54, 1.807) is 0 Å². The van der Waals surface area contributed by atoms with Crippen LogP contribution in [-0.2, 0) is 9.59 Å². The first-order valence-electron chi connectivity index (χ1n) is 2.46. The lowest BCUT2D eigenvalue weighted by atomic mass is 10.2. The van der Waals surface area contributed by atoms with Gasteiger partial charge in [-0.15, -0.1) is 0 Å². The number of hydrogen-bond acceptors (Lipinski definition) is 3. The van der Waals surface area contributed by atoms with E-state index in [1.165, 1.54) is 0 Å². The van der Waals surface area contributed by atoms with Gasteiger partial charge in [-0.05, 0) is 6.08 Å². The number of nitrogens with two attached hydrogens (primary N) is 1. The number of carboxylic acid groups (broad SMARTS) is 2. The zero-order valence-corrected chi connectivity index (χ0v) is 5.07. The van der Waals surface area contributed by atoms with Gasteiger partial charge in [-0.1, -0.05) is 0 Å². The van der Waals surface area contributed by atoms with Crippen molar-refractivity contribution in [2.24, 2.45) is 5.73 Å². The molecule has 10 heavy (non-hydrogen) atoms. The van der Waals surface area contributed by atoms with Crippen LogP contribution in [-0.4, -0.2) is 28.7 Å². The fourth-order valence-corrected chi connectivity index (χ4v) is 0.384. The third kappa shape index (κ3) is 2.27. The monoisotopic (exact) mass is 145 g/mol. The number of hydrogen-bond donors (Lipinski definition) is 3. The molecule has 0 unspecified atom stereocenters. The molecule has 0 saturated heterocycles. The largest absolute Gasteiger partial charge is 0.477 e. The van der Waals surface area contributed by atoms with Crippen molar-refractivity contribution in [1.29, 1.82) is 0 Å². The maximum Gasteiger partial charge on any atom is 0.342 e.